The first-order valence-corrected chi connectivity index (χ1v) is 7.95. The molecule has 0 radical (unpaired) electrons. The van der Waals surface area contributed by atoms with Crippen LogP contribution in [-0.4, -0.2) is 27.3 Å². The van der Waals surface area contributed by atoms with Crippen LogP contribution in [0.25, 0.3) is 11.1 Å². The summed E-state index contributed by atoms with van der Waals surface area (Å²) in [6, 6.07) is 11.0. The first-order valence-electron chi connectivity index (χ1n) is 7.95. The van der Waals surface area contributed by atoms with Gasteiger partial charge < -0.3 is 14.8 Å². The van der Waals surface area contributed by atoms with E-state index in [0.29, 0.717) is 17.4 Å². The summed E-state index contributed by atoms with van der Waals surface area (Å²) in [7, 11) is 3.21. The zero-order chi connectivity index (χ0) is 16.2. The third-order valence-electron chi connectivity index (χ3n) is 4.44. The third kappa shape index (κ3) is 3.32. The second kappa shape index (κ2) is 7.01. The summed E-state index contributed by atoms with van der Waals surface area (Å²) in [5, 5.41) is 3.35. The SMILES string of the molecule is COc1cccc(-c2cc(F)cc(C3CCNCC3)c2)c1OC. The normalized spacial score (nSPS) is 15.4. The highest BCUT2D eigenvalue weighted by atomic mass is 19.1. The molecule has 122 valence electrons. The van der Waals surface area contributed by atoms with Gasteiger partial charge in [0, 0.05) is 5.56 Å². The van der Waals surface area contributed by atoms with Crippen molar-refractivity contribution in [1.82, 2.24) is 5.32 Å². The zero-order valence-electron chi connectivity index (χ0n) is 13.6. The third-order valence-corrected chi connectivity index (χ3v) is 4.44. The van der Waals surface area contributed by atoms with Gasteiger partial charge in [0.05, 0.1) is 14.2 Å². The molecule has 1 aliphatic heterocycles. The summed E-state index contributed by atoms with van der Waals surface area (Å²) in [6.45, 7) is 1.97. The van der Waals surface area contributed by atoms with Gasteiger partial charge in [-0.3, -0.25) is 0 Å². The van der Waals surface area contributed by atoms with E-state index < -0.39 is 0 Å². The molecule has 0 saturated carbocycles. The van der Waals surface area contributed by atoms with E-state index in [2.05, 4.69) is 11.4 Å². The van der Waals surface area contributed by atoms with E-state index in [1.165, 1.54) is 0 Å². The van der Waals surface area contributed by atoms with Crippen LogP contribution in [0.3, 0.4) is 0 Å². The molecule has 2 aromatic rings. The molecule has 0 aromatic heterocycles. The van der Waals surface area contributed by atoms with Gasteiger partial charge in [0.15, 0.2) is 11.5 Å². The minimum absolute atomic E-state index is 0.207. The van der Waals surface area contributed by atoms with Crippen LogP contribution in [0.2, 0.25) is 0 Å². The maximum Gasteiger partial charge on any atom is 0.168 e. The Labute approximate surface area is 136 Å². The Morgan fingerprint density at radius 1 is 1.04 bits per heavy atom. The number of hydrogen-bond donors (Lipinski definition) is 1. The summed E-state index contributed by atoms with van der Waals surface area (Å²) < 4.78 is 25.0. The van der Waals surface area contributed by atoms with Crippen molar-refractivity contribution in [2.24, 2.45) is 0 Å². The monoisotopic (exact) mass is 315 g/mol. The molecule has 1 saturated heterocycles. The van der Waals surface area contributed by atoms with Crippen molar-refractivity contribution in [3.63, 3.8) is 0 Å². The minimum Gasteiger partial charge on any atom is -0.493 e. The molecule has 3 rings (SSSR count). The van der Waals surface area contributed by atoms with Gasteiger partial charge in [-0.05, 0) is 61.2 Å². The van der Waals surface area contributed by atoms with Crippen LogP contribution in [0.4, 0.5) is 4.39 Å². The zero-order valence-corrected chi connectivity index (χ0v) is 13.6. The molecule has 3 nitrogen and oxygen atoms in total. The number of rotatable bonds is 4. The van der Waals surface area contributed by atoms with Crippen molar-refractivity contribution in [1.29, 1.82) is 0 Å². The molecule has 0 atom stereocenters. The summed E-state index contributed by atoms with van der Waals surface area (Å²) in [4.78, 5) is 0. The van der Waals surface area contributed by atoms with E-state index in [0.717, 1.165) is 42.6 Å². The van der Waals surface area contributed by atoms with Gasteiger partial charge in [-0.15, -0.1) is 0 Å². The van der Waals surface area contributed by atoms with Gasteiger partial charge in [-0.2, -0.15) is 0 Å². The van der Waals surface area contributed by atoms with E-state index >= 15 is 0 Å². The second-order valence-electron chi connectivity index (χ2n) is 5.84. The van der Waals surface area contributed by atoms with Crippen molar-refractivity contribution in [3.05, 3.63) is 47.8 Å². The van der Waals surface area contributed by atoms with E-state index in [9.17, 15) is 4.39 Å². The maximum absolute atomic E-state index is 14.2. The summed E-state index contributed by atoms with van der Waals surface area (Å²) in [5.41, 5.74) is 2.74. The molecule has 23 heavy (non-hydrogen) atoms. The van der Waals surface area contributed by atoms with Crippen LogP contribution in [0.15, 0.2) is 36.4 Å². The first-order chi connectivity index (χ1) is 11.2. The number of methoxy groups -OCH3 is 2. The Balaban J connectivity index is 2.05. The predicted molar refractivity (Wildman–Crippen MR) is 89.8 cm³/mol. The number of para-hydroxylation sites is 1. The van der Waals surface area contributed by atoms with Crippen molar-refractivity contribution in [3.8, 4) is 22.6 Å². The van der Waals surface area contributed by atoms with Crippen LogP contribution in [0.5, 0.6) is 11.5 Å². The molecule has 0 aliphatic carbocycles. The topological polar surface area (TPSA) is 30.5 Å². The molecule has 0 spiro atoms. The van der Waals surface area contributed by atoms with E-state index in [1.807, 2.05) is 18.2 Å². The van der Waals surface area contributed by atoms with Crippen LogP contribution >= 0.6 is 0 Å². The molecule has 0 bridgehead atoms. The molecule has 1 heterocycles. The van der Waals surface area contributed by atoms with Crippen LogP contribution in [0, 0.1) is 5.82 Å². The van der Waals surface area contributed by atoms with Crippen molar-refractivity contribution in [2.45, 2.75) is 18.8 Å². The van der Waals surface area contributed by atoms with Gasteiger partial charge in [-0.1, -0.05) is 18.2 Å². The average molecular weight is 315 g/mol. The molecule has 1 fully saturated rings. The number of benzene rings is 2. The van der Waals surface area contributed by atoms with E-state index in [4.69, 9.17) is 9.47 Å². The maximum atomic E-state index is 14.2. The lowest BCUT2D eigenvalue weighted by atomic mass is 9.88. The highest BCUT2D eigenvalue weighted by Gasteiger charge is 2.18. The highest BCUT2D eigenvalue weighted by Crippen LogP contribution is 2.39. The molecule has 0 amide bonds. The Morgan fingerprint density at radius 3 is 2.52 bits per heavy atom. The van der Waals surface area contributed by atoms with E-state index in [1.54, 1.807) is 26.4 Å². The Hall–Kier alpha value is -2.07. The quantitative estimate of drug-likeness (QED) is 0.926. The standard InChI is InChI=1S/C19H22FNO2/c1-22-18-5-3-4-17(19(18)23-2)15-10-14(11-16(20)12-15)13-6-8-21-9-7-13/h3-5,10-13,21H,6-9H2,1-2H3. The number of halogens is 1. The van der Waals surface area contributed by atoms with Crippen LogP contribution < -0.4 is 14.8 Å². The fourth-order valence-electron chi connectivity index (χ4n) is 3.27. The van der Waals surface area contributed by atoms with Gasteiger partial charge in [0.25, 0.3) is 0 Å². The molecule has 4 heteroatoms. The van der Waals surface area contributed by atoms with Crippen molar-refractivity contribution < 1.29 is 13.9 Å². The fourth-order valence-corrected chi connectivity index (χ4v) is 3.27. The molecular formula is C19H22FNO2. The lowest BCUT2D eigenvalue weighted by Crippen LogP contribution is -2.26. The van der Waals surface area contributed by atoms with Gasteiger partial charge in [0.1, 0.15) is 5.82 Å². The second-order valence-corrected chi connectivity index (χ2v) is 5.84. The Morgan fingerprint density at radius 2 is 1.83 bits per heavy atom. The summed E-state index contributed by atoms with van der Waals surface area (Å²) in [6.07, 6.45) is 2.08. The van der Waals surface area contributed by atoms with Gasteiger partial charge in [-0.25, -0.2) is 4.39 Å². The van der Waals surface area contributed by atoms with Crippen LogP contribution in [0.1, 0.15) is 24.3 Å². The number of hydrogen-bond acceptors (Lipinski definition) is 3. The number of piperidine rings is 1. The summed E-state index contributed by atoms with van der Waals surface area (Å²) >= 11 is 0. The highest BCUT2D eigenvalue weighted by molar-refractivity contribution is 5.74. The molecule has 0 unspecified atom stereocenters. The smallest absolute Gasteiger partial charge is 0.168 e. The largest absolute Gasteiger partial charge is 0.493 e. The van der Waals surface area contributed by atoms with Crippen LogP contribution in [-0.2, 0) is 0 Å². The first kappa shape index (κ1) is 15.8. The predicted octanol–water partition coefficient (Wildman–Crippen LogP) is 3.98. The molecule has 2 aromatic carbocycles. The summed E-state index contributed by atoms with van der Waals surface area (Å²) in [5.74, 6) is 1.48. The Bertz CT molecular complexity index is 681. The lowest BCUT2D eigenvalue weighted by molar-refractivity contribution is 0.356. The Kier molecular flexibility index (Phi) is 4.82. The fraction of sp³-hybridized carbons (Fsp3) is 0.368. The van der Waals surface area contributed by atoms with Gasteiger partial charge >= 0.3 is 0 Å². The van der Waals surface area contributed by atoms with Crippen molar-refractivity contribution >= 4 is 0 Å². The minimum atomic E-state index is -0.207. The molecular weight excluding hydrogens is 293 g/mol. The van der Waals surface area contributed by atoms with E-state index in [-0.39, 0.29) is 5.82 Å². The molecule has 1 N–H and O–H groups in total. The lowest BCUT2D eigenvalue weighted by Gasteiger charge is -2.23. The molecule has 1 aliphatic rings. The average Bonchev–Trinajstić information content (AvgIpc) is 2.61. The van der Waals surface area contributed by atoms with Crippen molar-refractivity contribution in [2.75, 3.05) is 27.3 Å². The number of nitrogens with one attached hydrogen (secondary N) is 1. The van der Waals surface area contributed by atoms with Gasteiger partial charge in [0.2, 0.25) is 0 Å². The number of ether oxygens (including phenoxy) is 2.